The molecule has 2 aromatic carbocycles. The quantitative estimate of drug-likeness (QED) is 0.756. The number of rotatable bonds is 5. The van der Waals surface area contributed by atoms with Crippen molar-refractivity contribution in [2.75, 3.05) is 20.2 Å². The van der Waals surface area contributed by atoms with Crippen LogP contribution in [0.3, 0.4) is 0 Å². The maximum Gasteiger partial charge on any atom is 0.337 e. The first-order valence-corrected chi connectivity index (χ1v) is 10.2. The molecule has 0 bridgehead atoms. The van der Waals surface area contributed by atoms with Crippen LogP contribution in [0.25, 0.3) is 0 Å². The maximum atomic E-state index is 12.9. The molecule has 0 saturated carbocycles. The molecule has 1 aliphatic heterocycles. The Morgan fingerprint density at radius 2 is 1.77 bits per heavy atom. The van der Waals surface area contributed by atoms with Gasteiger partial charge in [0.2, 0.25) is 10.0 Å². The highest BCUT2D eigenvalue weighted by Gasteiger charge is 2.29. The third-order valence-corrected chi connectivity index (χ3v) is 6.73. The molecule has 0 radical (unpaired) electrons. The zero-order valence-corrected chi connectivity index (χ0v) is 15.6. The third-order valence-electron chi connectivity index (χ3n) is 4.83. The van der Waals surface area contributed by atoms with Crippen LogP contribution in [-0.4, -0.2) is 38.9 Å². The lowest BCUT2D eigenvalue weighted by Crippen LogP contribution is -2.38. The molecule has 1 saturated heterocycles. The summed E-state index contributed by atoms with van der Waals surface area (Å²) in [5, 5.41) is 0. The molecule has 0 N–H and O–H groups in total. The number of methoxy groups -OCH3 is 1. The molecule has 0 amide bonds. The van der Waals surface area contributed by atoms with Gasteiger partial charge in [0.15, 0.2) is 0 Å². The number of hydrogen-bond donors (Lipinski definition) is 0. The molecular weight excluding hydrogens is 350 g/mol. The summed E-state index contributed by atoms with van der Waals surface area (Å²) >= 11 is 0. The van der Waals surface area contributed by atoms with Crippen LogP contribution in [0, 0.1) is 5.92 Å². The number of sulfonamides is 1. The minimum absolute atomic E-state index is 0.141. The summed E-state index contributed by atoms with van der Waals surface area (Å²) in [7, 11) is -2.32. The van der Waals surface area contributed by atoms with E-state index in [1.54, 1.807) is 12.1 Å². The van der Waals surface area contributed by atoms with Gasteiger partial charge in [-0.2, -0.15) is 4.31 Å². The number of nitrogens with zero attached hydrogens (tertiary/aromatic N) is 1. The molecule has 0 aromatic heterocycles. The molecule has 2 aromatic rings. The van der Waals surface area contributed by atoms with Crippen LogP contribution in [0.2, 0.25) is 0 Å². The number of benzene rings is 2. The lowest BCUT2D eigenvalue weighted by molar-refractivity contribution is 0.0600. The van der Waals surface area contributed by atoms with Gasteiger partial charge in [-0.3, -0.25) is 0 Å². The Morgan fingerprint density at radius 1 is 1.08 bits per heavy atom. The van der Waals surface area contributed by atoms with Gasteiger partial charge in [-0.15, -0.1) is 0 Å². The van der Waals surface area contributed by atoms with E-state index >= 15 is 0 Å². The van der Waals surface area contributed by atoms with Crippen molar-refractivity contribution in [2.45, 2.75) is 24.2 Å². The topological polar surface area (TPSA) is 63.7 Å². The fourth-order valence-electron chi connectivity index (χ4n) is 3.35. The van der Waals surface area contributed by atoms with Crippen molar-refractivity contribution in [2.24, 2.45) is 5.92 Å². The highest BCUT2D eigenvalue weighted by atomic mass is 32.2. The van der Waals surface area contributed by atoms with Gasteiger partial charge in [-0.1, -0.05) is 36.4 Å². The molecule has 3 rings (SSSR count). The van der Waals surface area contributed by atoms with Crippen molar-refractivity contribution in [3.8, 4) is 0 Å². The average Bonchev–Trinajstić information content (AvgIpc) is 2.68. The molecule has 1 aliphatic rings. The molecule has 0 atom stereocenters. The average molecular weight is 373 g/mol. The van der Waals surface area contributed by atoms with Crippen LogP contribution in [-0.2, 0) is 21.2 Å². The molecule has 1 fully saturated rings. The standard InChI is InChI=1S/C20H23NO4S/c1-25-20(22)18-8-5-9-19(15-18)26(23,24)21-12-10-17(11-13-21)14-16-6-3-2-4-7-16/h2-9,15,17H,10-14H2,1H3. The first kappa shape index (κ1) is 18.6. The van der Waals surface area contributed by atoms with Gasteiger partial charge >= 0.3 is 5.97 Å². The van der Waals surface area contributed by atoms with E-state index in [2.05, 4.69) is 16.9 Å². The zero-order valence-electron chi connectivity index (χ0n) is 14.8. The highest BCUT2D eigenvalue weighted by Crippen LogP contribution is 2.26. The molecular formula is C20H23NO4S. The van der Waals surface area contributed by atoms with Crippen LogP contribution < -0.4 is 0 Å². The predicted octanol–water partition coefficient (Wildman–Crippen LogP) is 3.12. The van der Waals surface area contributed by atoms with E-state index in [0.29, 0.717) is 19.0 Å². The van der Waals surface area contributed by atoms with Crippen molar-refractivity contribution < 1.29 is 17.9 Å². The van der Waals surface area contributed by atoms with Gasteiger partial charge in [0.25, 0.3) is 0 Å². The third kappa shape index (κ3) is 4.14. The van der Waals surface area contributed by atoms with Crippen molar-refractivity contribution in [1.29, 1.82) is 0 Å². The summed E-state index contributed by atoms with van der Waals surface area (Å²) in [4.78, 5) is 11.8. The van der Waals surface area contributed by atoms with Crippen LogP contribution in [0.1, 0.15) is 28.8 Å². The van der Waals surface area contributed by atoms with Crippen LogP contribution in [0.15, 0.2) is 59.5 Å². The Kier molecular flexibility index (Phi) is 5.74. The Labute approximate surface area is 154 Å². The molecule has 5 nitrogen and oxygen atoms in total. The number of ether oxygens (including phenoxy) is 1. The predicted molar refractivity (Wildman–Crippen MR) is 99.4 cm³/mol. The first-order valence-electron chi connectivity index (χ1n) is 8.73. The summed E-state index contributed by atoms with van der Waals surface area (Å²) in [6.45, 7) is 1.00. The van der Waals surface area contributed by atoms with E-state index in [1.807, 2.05) is 18.2 Å². The number of carbonyl (C=O) groups excluding carboxylic acids is 1. The second-order valence-corrected chi connectivity index (χ2v) is 8.49. The Morgan fingerprint density at radius 3 is 2.42 bits per heavy atom. The maximum absolute atomic E-state index is 12.9. The number of carbonyl (C=O) groups is 1. The lowest BCUT2D eigenvalue weighted by atomic mass is 9.91. The van der Waals surface area contributed by atoms with Crippen molar-refractivity contribution >= 4 is 16.0 Å². The molecule has 1 heterocycles. The van der Waals surface area contributed by atoms with Gasteiger partial charge < -0.3 is 4.74 Å². The minimum Gasteiger partial charge on any atom is -0.465 e. The first-order chi connectivity index (χ1) is 12.5. The SMILES string of the molecule is COC(=O)c1cccc(S(=O)(=O)N2CCC(Cc3ccccc3)CC2)c1. The van der Waals surface area contributed by atoms with E-state index in [0.717, 1.165) is 19.3 Å². The van der Waals surface area contributed by atoms with E-state index in [9.17, 15) is 13.2 Å². The summed E-state index contributed by atoms with van der Waals surface area (Å²) in [6.07, 6.45) is 2.65. The van der Waals surface area contributed by atoms with Crippen LogP contribution in [0.5, 0.6) is 0 Å². The number of piperidine rings is 1. The molecule has 6 heteroatoms. The number of esters is 1. The van der Waals surface area contributed by atoms with Gasteiger partial charge in [0, 0.05) is 13.1 Å². The monoisotopic (exact) mass is 373 g/mol. The largest absolute Gasteiger partial charge is 0.465 e. The molecule has 0 unspecified atom stereocenters. The Hall–Kier alpha value is -2.18. The van der Waals surface area contributed by atoms with E-state index in [-0.39, 0.29) is 10.5 Å². The van der Waals surface area contributed by atoms with Gasteiger partial charge in [-0.25, -0.2) is 13.2 Å². The van der Waals surface area contributed by atoms with Gasteiger partial charge in [0.05, 0.1) is 17.6 Å². The molecule has 26 heavy (non-hydrogen) atoms. The summed E-state index contributed by atoms with van der Waals surface area (Å²) in [6, 6.07) is 16.3. The van der Waals surface area contributed by atoms with Crippen molar-refractivity contribution in [3.05, 3.63) is 65.7 Å². The minimum atomic E-state index is -3.60. The molecule has 138 valence electrons. The summed E-state index contributed by atoms with van der Waals surface area (Å²) < 4.78 is 32.0. The summed E-state index contributed by atoms with van der Waals surface area (Å²) in [5.41, 5.74) is 1.53. The highest BCUT2D eigenvalue weighted by molar-refractivity contribution is 7.89. The normalized spacial score (nSPS) is 16.3. The van der Waals surface area contributed by atoms with Crippen LogP contribution in [0.4, 0.5) is 0 Å². The van der Waals surface area contributed by atoms with Gasteiger partial charge in [-0.05, 0) is 48.9 Å². The van der Waals surface area contributed by atoms with E-state index < -0.39 is 16.0 Å². The lowest BCUT2D eigenvalue weighted by Gasteiger charge is -2.31. The summed E-state index contributed by atoms with van der Waals surface area (Å²) in [5.74, 6) is -0.0473. The van der Waals surface area contributed by atoms with Crippen LogP contribution >= 0.6 is 0 Å². The van der Waals surface area contributed by atoms with Crippen molar-refractivity contribution in [1.82, 2.24) is 4.31 Å². The second-order valence-electron chi connectivity index (χ2n) is 6.56. The van der Waals surface area contributed by atoms with Crippen molar-refractivity contribution in [3.63, 3.8) is 0 Å². The molecule has 0 spiro atoms. The Balaban J connectivity index is 1.67. The Bertz CT molecular complexity index is 856. The smallest absolute Gasteiger partial charge is 0.337 e. The second kappa shape index (κ2) is 8.01. The fourth-order valence-corrected chi connectivity index (χ4v) is 4.87. The number of hydrogen-bond acceptors (Lipinski definition) is 4. The van der Waals surface area contributed by atoms with E-state index in [4.69, 9.17) is 0 Å². The van der Waals surface area contributed by atoms with Gasteiger partial charge in [0.1, 0.15) is 0 Å². The fraction of sp³-hybridized carbons (Fsp3) is 0.350. The molecule has 0 aliphatic carbocycles. The van der Waals surface area contributed by atoms with E-state index in [1.165, 1.54) is 29.1 Å². The zero-order chi connectivity index (χ0) is 18.6.